The Hall–Kier alpha value is -1.78. The van der Waals surface area contributed by atoms with E-state index in [1.807, 2.05) is 0 Å². The fourth-order valence-corrected chi connectivity index (χ4v) is 0.922. The molecule has 1 aromatic heterocycles. The third kappa shape index (κ3) is 2.33. The molecule has 1 amide bonds. The second kappa shape index (κ2) is 3.75. The van der Waals surface area contributed by atoms with Crippen molar-refractivity contribution in [3.63, 3.8) is 0 Å². The molecular formula is C8H10N2O3. The lowest BCUT2D eigenvalue weighted by atomic mass is 10.3. The highest BCUT2D eigenvalue weighted by atomic mass is 16.5. The highest BCUT2D eigenvalue weighted by Gasteiger charge is 2.03. The third-order valence-electron chi connectivity index (χ3n) is 1.42. The van der Waals surface area contributed by atoms with Crippen molar-refractivity contribution in [2.45, 2.75) is 6.92 Å². The number of amides is 1. The van der Waals surface area contributed by atoms with E-state index in [1.165, 1.54) is 13.3 Å². The van der Waals surface area contributed by atoms with E-state index in [0.29, 0.717) is 11.6 Å². The molecule has 13 heavy (non-hydrogen) atoms. The number of ether oxygens (including phenoxy) is 2. The first-order valence-electron chi connectivity index (χ1n) is 3.61. The van der Waals surface area contributed by atoms with E-state index in [4.69, 9.17) is 10.5 Å². The van der Waals surface area contributed by atoms with Crippen molar-refractivity contribution in [1.82, 2.24) is 4.98 Å². The van der Waals surface area contributed by atoms with Gasteiger partial charge >= 0.3 is 6.09 Å². The highest BCUT2D eigenvalue weighted by molar-refractivity contribution is 5.68. The summed E-state index contributed by atoms with van der Waals surface area (Å²) in [4.78, 5) is 14.3. The number of carbonyl (C=O) groups is 1. The number of aryl methyl sites for hydroxylation is 1. The van der Waals surface area contributed by atoms with Crippen LogP contribution in [0.25, 0.3) is 0 Å². The van der Waals surface area contributed by atoms with Crippen molar-refractivity contribution in [3.8, 4) is 11.6 Å². The van der Waals surface area contributed by atoms with Gasteiger partial charge in [0.25, 0.3) is 0 Å². The number of carbonyl (C=O) groups excluding carboxylic acids is 1. The van der Waals surface area contributed by atoms with Crippen LogP contribution in [0.4, 0.5) is 4.79 Å². The van der Waals surface area contributed by atoms with Gasteiger partial charge in [0.1, 0.15) is 0 Å². The molecule has 0 bridgehead atoms. The minimum absolute atomic E-state index is 0.311. The Morgan fingerprint density at radius 1 is 1.62 bits per heavy atom. The number of methoxy groups -OCH3 is 1. The van der Waals surface area contributed by atoms with Crippen molar-refractivity contribution in [1.29, 1.82) is 0 Å². The lowest BCUT2D eigenvalue weighted by molar-refractivity contribution is 0.210. The van der Waals surface area contributed by atoms with Gasteiger partial charge in [0.2, 0.25) is 5.88 Å². The molecule has 1 heterocycles. The minimum atomic E-state index is -0.855. The smallest absolute Gasteiger partial charge is 0.410 e. The highest BCUT2D eigenvalue weighted by Crippen LogP contribution is 2.19. The molecule has 1 aromatic rings. The van der Waals surface area contributed by atoms with Crippen molar-refractivity contribution < 1.29 is 14.3 Å². The molecule has 0 fully saturated rings. The molecule has 0 aliphatic heterocycles. The molecule has 0 spiro atoms. The van der Waals surface area contributed by atoms with Gasteiger partial charge in [-0.15, -0.1) is 0 Å². The Balaban J connectivity index is 2.89. The van der Waals surface area contributed by atoms with E-state index in [-0.39, 0.29) is 0 Å². The Morgan fingerprint density at radius 2 is 2.31 bits per heavy atom. The maximum Gasteiger partial charge on any atom is 0.410 e. The van der Waals surface area contributed by atoms with E-state index in [2.05, 4.69) is 9.72 Å². The summed E-state index contributed by atoms with van der Waals surface area (Å²) in [5.74, 6) is 0.808. The van der Waals surface area contributed by atoms with Crippen LogP contribution < -0.4 is 15.2 Å². The number of aromatic nitrogens is 1. The quantitative estimate of drug-likeness (QED) is 0.735. The molecule has 70 valence electrons. The van der Waals surface area contributed by atoms with Gasteiger partial charge in [-0.1, -0.05) is 0 Å². The number of primary amides is 1. The molecular weight excluding hydrogens is 172 g/mol. The van der Waals surface area contributed by atoms with E-state index >= 15 is 0 Å². The van der Waals surface area contributed by atoms with Gasteiger partial charge in [0.15, 0.2) is 5.75 Å². The van der Waals surface area contributed by atoms with Crippen LogP contribution in [0.15, 0.2) is 12.3 Å². The Bertz CT molecular complexity index is 325. The van der Waals surface area contributed by atoms with Crippen molar-refractivity contribution in [3.05, 3.63) is 17.8 Å². The zero-order valence-electron chi connectivity index (χ0n) is 7.40. The molecule has 0 atom stereocenters. The zero-order valence-corrected chi connectivity index (χ0v) is 7.40. The summed E-state index contributed by atoms with van der Waals surface area (Å²) in [5, 5.41) is 0. The minimum Gasteiger partial charge on any atom is -0.481 e. The van der Waals surface area contributed by atoms with E-state index in [0.717, 1.165) is 5.56 Å². The predicted molar refractivity (Wildman–Crippen MR) is 45.7 cm³/mol. The molecule has 0 saturated heterocycles. The molecule has 5 heteroatoms. The molecule has 0 aliphatic rings. The first-order valence-corrected chi connectivity index (χ1v) is 3.61. The molecule has 0 aliphatic carbocycles. The first kappa shape index (κ1) is 9.31. The van der Waals surface area contributed by atoms with E-state index in [1.54, 1.807) is 13.0 Å². The summed E-state index contributed by atoms with van der Waals surface area (Å²) in [7, 11) is 1.52. The van der Waals surface area contributed by atoms with Crippen LogP contribution in [0.1, 0.15) is 5.56 Å². The van der Waals surface area contributed by atoms with Gasteiger partial charge in [-0.05, 0) is 13.0 Å². The fraction of sp³-hybridized carbons (Fsp3) is 0.250. The number of pyridine rings is 1. The summed E-state index contributed by atoms with van der Waals surface area (Å²) >= 11 is 0. The maximum absolute atomic E-state index is 10.4. The second-order valence-electron chi connectivity index (χ2n) is 2.42. The molecule has 0 aromatic carbocycles. The average molecular weight is 182 g/mol. The molecule has 0 unspecified atom stereocenters. The van der Waals surface area contributed by atoms with Gasteiger partial charge in [-0.25, -0.2) is 9.78 Å². The summed E-state index contributed by atoms with van der Waals surface area (Å²) in [6.07, 6.45) is 0.516. The summed E-state index contributed by atoms with van der Waals surface area (Å²) in [5.41, 5.74) is 5.60. The van der Waals surface area contributed by atoms with E-state index in [9.17, 15) is 4.79 Å². The largest absolute Gasteiger partial charge is 0.481 e. The Morgan fingerprint density at radius 3 is 2.77 bits per heavy atom. The van der Waals surface area contributed by atoms with Gasteiger partial charge < -0.3 is 15.2 Å². The van der Waals surface area contributed by atoms with Gasteiger partial charge in [0.05, 0.1) is 13.3 Å². The molecule has 5 nitrogen and oxygen atoms in total. The SMILES string of the molecule is COc1ncc(OC(N)=O)cc1C. The molecule has 2 N–H and O–H groups in total. The summed E-state index contributed by atoms with van der Waals surface area (Å²) in [6.45, 7) is 1.79. The van der Waals surface area contributed by atoms with Gasteiger partial charge in [-0.2, -0.15) is 0 Å². The summed E-state index contributed by atoms with van der Waals surface area (Å²) in [6, 6.07) is 1.62. The number of nitrogens with two attached hydrogens (primary N) is 1. The van der Waals surface area contributed by atoms with E-state index < -0.39 is 6.09 Å². The van der Waals surface area contributed by atoms with Crippen molar-refractivity contribution >= 4 is 6.09 Å². The summed E-state index contributed by atoms with van der Waals surface area (Å²) < 4.78 is 9.54. The lowest BCUT2D eigenvalue weighted by Crippen LogP contribution is -2.16. The van der Waals surface area contributed by atoms with Crippen LogP contribution in [0.2, 0.25) is 0 Å². The number of hydrogen-bond acceptors (Lipinski definition) is 4. The maximum atomic E-state index is 10.4. The predicted octanol–water partition coefficient (Wildman–Crippen LogP) is 0.856. The van der Waals surface area contributed by atoms with Gasteiger partial charge in [0, 0.05) is 5.56 Å². The number of rotatable bonds is 2. The topological polar surface area (TPSA) is 74.4 Å². The van der Waals surface area contributed by atoms with Crippen molar-refractivity contribution in [2.24, 2.45) is 5.73 Å². The van der Waals surface area contributed by atoms with Crippen molar-refractivity contribution in [2.75, 3.05) is 7.11 Å². The molecule has 1 rings (SSSR count). The Kier molecular flexibility index (Phi) is 2.69. The Labute approximate surface area is 75.5 Å². The number of nitrogens with zero attached hydrogens (tertiary/aromatic N) is 1. The fourth-order valence-electron chi connectivity index (χ4n) is 0.922. The molecule has 0 saturated carbocycles. The molecule has 0 radical (unpaired) electrons. The van der Waals surface area contributed by atoms with Crippen LogP contribution in [-0.4, -0.2) is 18.2 Å². The zero-order chi connectivity index (χ0) is 9.84. The van der Waals surface area contributed by atoms with Crippen LogP contribution in [0, 0.1) is 6.92 Å². The number of hydrogen-bond donors (Lipinski definition) is 1. The van der Waals surface area contributed by atoms with Crippen LogP contribution in [0.5, 0.6) is 11.6 Å². The second-order valence-corrected chi connectivity index (χ2v) is 2.42. The normalized spacial score (nSPS) is 9.38. The first-order chi connectivity index (χ1) is 6.13. The van der Waals surface area contributed by atoms with Crippen LogP contribution in [0.3, 0.4) is 0 Å². The average Bonchev–Trinajstić information content (AvgIpc) is 2.03. The standard InChI is InChI=1S/C8H10N2O3/c1-5-3-6(13-8(9)11)4-10-7(5)12-2/h3-4H,1-2H3,(H2,9,11). The van der Waals surface area contributed by atoms with Crippen LogP contribution in [-0.2, 0) is 0 Å². The van der Waals surface area contributed by atoms with Crippen LogP contribution >= 0.6 is 0 Å². The van der Waals surface area contributed by atoms with Gasteiger partial charge in [-0.3, -0.25) is 0 Å². The third-order valence-corrected chi connectivity index (χ3v) is 1.42. The monoisotopic (exact) mass is 182 g/mol. The lowest BCUT2D eigenvalue weighted by Gasteiger charge is -2.04.